The van der Waals surface area contributed by atoms with Gasteiger partial charge >= 0.3 is 0 Å². The minimum absolute atomic E-state index is 0.223. The molecule has 0 saturated carbocycles. The Hall–Kier alpha value is -3.82. The highest BCUT2D eigenvalue weighted by atomic mass is 16.5. The van der Waals surface area contributed by atoms with Crippen LogP contribution in [0.15, 0.2) is 41.6 Å². The number of amides is 1. The molecule has 2 aromatic rings. The van der Waals surface area contributed by atoms with Gasteiger partial charge in [-0.1, -0.05) is 52.7 Å². The summed E-state index contributed by atoms with van der Waals surface area (Å²) in [5, 5.41) is 7.67. The lowest BCUT2D eigenvalue weighted by molar-refractivity contribution is -0.126. The van der Waals surface area contributed by atoms with Gasteiger partial charge in [-0.2, -0.15) is 5.10 Å². The van der Waals surface area contributed by atoms with E-state index in [9.17, 15) is 4.79 Å². The average molecular weight is 881 g/mol. The van der Waals surface area contributed by atoms with E-state index in [0.717, 1.165) is 109 Å². The minimum atomic E-state index is 0.223. The predicted molar refractivity (Wildman–Crippen MR) is 253 cm³/mol. The van der Waals surface area contributed by atoms with Crippen LogP contribution in [0, 0.1) is 38.0 Å². The third-order valence-corrected chi connectivity index (χ3v) is 11.9. The van der Waals surface area contributed by atoms with Gasteiger partial charge in [0.15, 0.2) is 0 Å². The molecule has 3 aliphatic rings. The first-order valence-electron chi connectivity index (χ1n) is 23.6. The average Bonchev–Trinajstić information content (AvgIpc) is 3.87. The lowest BCUT2D eigenvalue weighted by Gasteiger charge is -2.39. The minimum Gasteiger partial charge on any atom is -0.477 e. The number of nitrogens with one attached hydrogen (secondary N) is 1. The summed E-state index contributed by atoms with van der Waals surface area (Å²) in [6.07, 6.45) is 13.4. The highest BCUT2D eigenvalue weighted by molar-refractivity contribution is 5.45. The molecule has 356 valence electrons. The maximum atomic E-state index is 10.5. The fourth-order valence-electron chi connectivity index (χ4n) is 8.58. The summed E-state index contributed by atoms with van der Waals surface area (Å²) in [4.78, 5) is 31.9. The molecule has 14 nitrogen and oxygen atoms in total. The van der Waals surface area contributed by atoms with Gasteiger partial charge in [-0.15, -0.1) is 0 Å². The SMILES string of the molecule is CCC(CN1CCC(COc2ccc(CCCNC=O)c(C)n2)C1)C1=CC(N2CCN(CCOCCOCCN)CC2)=CC(n2nc(C)cc2C)C1.CCCC(C)(C)C.COC=O. The molecule has 5 rings (SSSR count). The van der Waals surface area contributed by atoms with Crippen molar-refractivity contribution in [3.8, 4) is 5.88 Å². The number of likely N-dealkylation sites (tertiary alicyclic amines) is 1. The van der Waals surface area contributed by atoms with Crippen LogP contribution >= 0.6 is 0 Å². The number of nitrogens with zero attached hydrogens (tertiary/aromatic N) is 6. The van der Waals surface area contributed by atoms with Gasteiger partial charge in [0, 0.05) is 88.0 Å². The molecule has 0 bridgehead atoms. The van der Waals surface area contributed by atoms with Gasteiger partial charge in [0.25, 0.3) is 6.47 Å². The van der Waals surface area contributed by atoms with Crippen molar-refractivity contribution >= 4 is 12.9 Å². The number of piperazine rings is 1. The van der Waals surface area contributed by atoms with Crippen molar-refractivity contribution in [2.24, 2.45) is 23.0 Å². The number of methoxy groups -OCH3 is 1. The largest absolute Gasteiger partial charge is 0.477 e. The molecule has 63 heavy (non-hydrogen) atoms. The van der Waals surface area contributed by atoms with E-state index in [1.165, 1.54) is 36.9 Å². The lowest BCUT2D eigenvalue weighted by Crippen LogP contribution is -2.47. The summed E-state index contributed by atoms with van der Waals surface area (Å²) in [5.41, 5.74) is 13.4. The Bertz CT molecular complexity index is 1650. The van der Waals surface area contributed by atoms with Crippen molar-refractivity contribution in [1.82, 2.24) is 34.8 Å². The van der Waals surface area contributed by atoms with E-state index < -0.39 is 0 Å². The highest BCUT2D eigenvalue weighted by Gasteiger charge is 2.30. The molecule has 0 aromatic carbocycles. The second kappa shape index (κ2) is 29.6. The van der Waals surface area contributed by atoms with E-state index in [1.807, 2.05) is 13.0 Å². The first kappa shape index (κ1) is 53.5. The van der Waals surface area contributed by atoms with E-state index in [1.54, 1.807) is 5.57 Å². The number of aryl methyl sites for hydroxylation is 4. The molecule has 0 spiro atoms. The van der Waals surface area contributed by atoms with Crippen molar-refractivity contribution in [3.05, 3.63) is 64.3 Å². The number of ether oxygens (including phenoxy) is 4. The van der Waals surface area contributed by atoms with Crippen molar-refractivity contribution in [2.75, 3.05) is 106 Å². The number of hydrogen-bond donors (Lipinski definition) is 2. The summed E-state index contributed by atoms with van der Waals surface area (Å²) in [5.74, 6) is 1.70. The van der Waals surface area contributed by atoms with Crippen LogP contribution in [0.25, 0.3) is 0 Å². The Morgan fingerprint density at radius 2 is 1.71 bits per heavy atom. The third-order valence-electron chi connectivity index (χ3n) is 11.9. The Morgan fingerprint density at radius 1 is 0.984 bits per heavy atom. The zero-order valence-corrected chi connectivity index (χ0v) is 40.5. The molecule has 2 saturated heterocycles. The van der Waals surface area contributed by atoms with E-state index >= 15 is 0 Å². The maximum absolute atomic E-state index is 10.5. The summed E-state index contributed by atoms with van der Waals surface area (Å²) < 4.78 is 23.6. The smallest absolute Gasteiger partial charge is 0.292 e. The Kier molecular flexibility index (Phi) is 25.1. The standard InChI is InChI=1S/C40H64N8O4.C7H16.C2H4O2/c1-5-35(28-46-13-10-34(27-46)29-52-40-9-8-36(33(4)43-40)7-6-12-42-30-49)37-24-38(26-39(25-37)48-32(3)23-31(2)44-48)47-16-14-45(15-17-47)18-20-51-22-21-50-19-11-41;1-5-6-7(2,3)4;1-4-2-3/h8-9,23-24,26,30,34-35,39H,5-7,10-22,25,27-29,41H2,1-4H3,(H,42,49);5-6H2,1-4H3;2H,1H3. The van der Waals surface area contributed by atoms with Crippen LogP contribution in [0.2, 0.25) is 0 Å². The van der Waals surface area contributed by atoms with E-state index in [2.05, 4.69) is 102 Å². The quantitative estimate of drug-likeness (QED) is 0.0902. The number of carbonyl (C=O) groups is 2. The second-order valence-corrected chi connectivity index (χ2v) is 18.3. The van der Waals surface area contributed by atoms with Gasteiger partial charge in [-0.25, -0.2) is 4.98 Å². The van der Waals surface area contributed by atoms with Crippen LogP contribution in [0.3, 0.4) is 0 Å². The van der Waals surface area contributed by atoms with Crippen LogP contribution in [0.5, 0.6) is 5.88 Å². The number of allylic oxidation sites excluding steroid dienone is 2. The molecule has 2 fully saturated rings. The number of rotatable bonds is 24. The summed E-state index contributed by atoms with van der Waals surface area (Å²) in [6, 6.07) is 6.53. The normalized spacial score (nSPS) is 18.6. The molecule has 3 atom stereocenters. The zero-order chi connectivity index (χ0) is 46.0. The van der Waals surface area contributed by atoms with Crippen molar-refractivity contribution in [2.45, 2.75) is 106 Å². The third kappa shape index (κ3) is 20.3. The molecule has 1 amide bonds. The van der Waals surface area contributed by atoms with Gasteiger partial charge in [-0.05, 0) is 101 Å². The summed E-state index contributed by atoms with van der Waals surface area (Å²) in [7, 11) is 1.31. The number of hydrogen-bond acceptors (Lipinski definition) is 12. The number of carbonyl (C=O) groups excluding carboxylic acids is 2. The van der Waals surface area contributed by atoms with Crippen LogP contribution in [-0.2, 0) is 30.2 Å². The Balaban J connectivity index is 0.000000853. The first-order valence-corrected chi connectivity index (χ1v) is 23.6. The van der Waals surface area contributed by atoms with Gasteiger partial charge in [0.05, 0.1) is 51.9 Å². The van der Waals surface area contributed by atoms with E-state index in [0.29, 0.717) is 69.1 Å². The number of aromatic nitrogens is 3. The van der Waals surface area contributed by atoms with Crippen molar-refractivity contribution < 1.29 is 28.5 Å². The highest BCUT2D eigenvalue weighted by Crippen LogP contribution is 2.35. The Morgan fingerprint density at radius 3 is 2.30 bits per heavy atom. The van der Waals surface area contributed by atoms with Crippen molar-refractivity contribution in [3.63, 3.8) is 0 Å². The van der Waals surface area contributed by atoms with E-state index in [4.69, 9.17) is 34.8 Å². The molecule has 1 aliphatic carbocycles. The maximum Gasteiger partial charge on any atom is 0.292 e. The number of nitrogens with two attached hydrogens (primary N) is 1. The Labute approximate surface area is 380 Å². The summed E-state index contributed by atoms with van der Waals surface area (Å²) in [6.45, 7) is 30.8. The van der Waals surface area contributed by atoms with Crippen LogP contribution in [0.4, 0.5) is 0 Å². The van der Waals surface area contributed by atoms with Gasteiger partial charge in [0.1, 0.15) is 0 Å². The molecule has 0 radical (unpaired) electrons. The van der Waals surface area contributed by atoms with Crippen LogP contribution in [-0.4, -0.2) is 148 Å². The molecule has 3 unspecified atom stereocenters. The second-order valence-electron chi connectivity index (χ2n) is 18.3. The molecule has 2 aliphatic heterocycles. The topological polar surface area (TPSA) is 150 Å². The van der Waals surface area contributed by atoms with Gasteiger partial charge in [0.2, 0.25) is 12.3 Å². The predicted octanol–water partition coefficient (Wildman–Crippen LogP) is 6.30. The van der Waals surface area contributed by atoms with Crippen LogP contribution < -0.4 is 15.8 Å². The fraction of sp³-hybridized carbons (Fsp3) is 0.714. The van der Waals surface area contributed by atoms with Gasteiger partial charge in [-0.3, -0.25) is 19.2 Å². The molecule has 4 heterocycles. The van der Waals surface area contributed by atoms with Crippen molar-refractivity contribution in [1.29, 1.82) is 0 Å². The van der Waals surface area contributed by atoms with Crippen LogP contribution in [0.1, 0.15) is 102 Å². The zero-order valence-electron chi connectivity index (χ0n) is 40.5. The first-order chi connectivity index (χ1) is 30.3. The molecular formula is C49H84N8O6. The van der Waals surface area contributed by atoms with Gasteiger partial charge < -0.3 is 39.8 Å². The molecular weight excluding hydrogens is 797 g/mol. The lowest BCUT2D eigenvalue weighted by atomic mass is 9.86. The molecule has 2 aromatic heterocycles. The summed E-state index contributed by atoms with van der Waals surface area (Å²) >= 11 is 0. The molecule has 3 N–H and O–H groups in total. The fourth-order valence-corrected chi connectivity index (χ4v) is 8.58. The monoisotopic (exact) mass is 881 g/mol. The van der Waals surface area contributed by atoms with E-state index in [-0.39, 0.29) is 6.04 Å². The number of pyridine rings is 1. The molecule has 14 heteroatoms.